The largest absolute Gasteiger partial charge is 0.337 e. The molecule has 3 aromatic rings. The Morgan fingerprint density at radius 3 is 2.77 bits per heavy atom. The predicted octanol–water partition coefficient (Wildman–Crippen LogP) is 3.43. The summed E-state index contributed by atoms with van der Waals surface area (Å²) in [6.07, 6.45) is 0.552. The molecule has 1 N–H and O–H groups in total. The number of pyridine rings is 1. The first kappa shape index (κ1) is 16.7. The molecule has 1 aliphatic heterocycles. The fourth-order valence-corrected chi connectivity index (χ4v) is 3.64. The smallest absolute Gasteiger partial charge is 0.224 e. The first-order valence-electron chi connectivity index (χ1n) is 9.09. The van der Waals surface area contributed by atoms with Gasteiger partial charge in [0.05, 0.1) is 5.69 Å². The van der Waals surface area contributed by atoms with Gasteiger partial charge in [-0.1, -0.05) is 48.5 Å². The first-order chi connectivity index (χ1) is 12.7. The summed E-state index contributed by atoms with van der Waals surface area (Å²) in [5.41, 5.74) is 3.24. The zero-order valence-corrected chi connectivity index (χ0v) is 15.0. The topological polar surface area (TPSA) is 45.2 Å². The van der Waals surface area contributed by atoms with Crippen LogP contribution in [-0.2, 0) is 17.9 Å². The van der Waals surface area contributed by atoms with Crippen LogP contribution in [-0.4, -0.2) is 28.4 Å². The lowest BCUT2D eigenvalue weighted by Gasteiger charge is -2.18. The monoisotopic (exact) mass is 345 g/mol. The van der Waals surface area contributed by atoms with Crippen molar-refractivity contribution in [2.75, 3.05) is 6.54 Å². The van der Waals surface area contributed by atoms with Gasteiger partial charge in [0.25, 0.3) is 0 Å². The molecule has 4 heteroatoms. The minimum Gasteiger partial charge on any atom is -0.337 e. The number of carbonyl (C=O) groups is 1. The van der Waals surface area contributed by atoms with E-state index in [4.69, 9.17) is 0 Å². The Labute approximate surface area is 153 Å². The number of carbonyl (C=O) groups excluding carboxylic acids is 1. The minimum absolute atomic E-state index is 0.180. The number of nitrogens with one attached hydrogen (secondary N) is 1. The summed E-state index contributed by atoms with van der Waals surface area (Å²) in [7, 11) is 0. The Kier molecular flexibility index (Phi) is 4.67. The number of aromatic nitrogens is 1. The van der Waals surface area contributed by atoms with Gasteiger partial charge in [-0.05, 0) is 35.4 Å². The highest BCUT2D eigenvalue weighted by atomic mass is 16.2. The van der Waals surface area contributed by atoms with Crippen molar-refractivity contribution < 1.29 is 4.79 Å². The lowest BCUT2D eigenvalue weighted by molar-refractivity contribution is -0.128. The molecule has 2 heterocycles. The number of aryl methyl sites for hydroxylation is 1. The molecule has 1 unspecified atom stereocenters. The zero-order valence-electron chi connectivity index (χ0n) is 15.0. The van der Waals surface area contributed by atoms with Crippen molar-refractivity contribution in [2.24, 2.45) is 0 Å². The fraction of sp³-hybridized carbons (Fsp3) is 0.273. The molecule has 0 aliphatic carbocycles. The van der Waals surface area contributed by atoms with Crippen LogP contribution in [0.25, 0.3) is 10.8 Å². The molecule has 1 fully saturated rings. The molecule has 0 saturated carbocycles. The second-order valence-corrected chi connectivity index (χ2v) is 6.96. The number of hydrogen-bond donors (Lipinski definition) is 1. The number of fused-ring (bicyclic) bond motifs is 1. The Hall–Kier alpha value is -2.72. The molecule has 0 spiro atoms. The van der Waals surface area contributed by atoms with Crippen LogP contribution in [0.3, 0.4) is 0 Å². The maximum Gasteiger partial charge on any atom is 0.224 e. The minimum atomic E-state index is 0.180. The molecule has 1 atom stereocenters. The second-order valence-electron chi connectivity index (χ2n) is 6.96. The Morgan fingerprint density at radius 1 is 1.08 bits per heavy atom. The van der Waals surface area contributed by atoms with Crippen LogP contribution < -0.4 is 5.32 Å². The first-order valence-corrected chi connectivity index (χ1v) is 9.09. The standard InChI is InChI=1S/C22H23N3O/c1-16-6-4-10-19(24-16)13-23-20-12-22(26)25(15-20)14-18-9-5-8-17-7-2-3-11-21(17)18/h2-11,20,23H,12-15H2,1H3. The molecule has 26 heavy (non-hydrogen) atoms. The van der Waals surface area contributed by atoms with Crippen LogP contribution in [0.4, 0.5) is 0 Å². The summed E-state index contributed by atoms with van der Waals surface area (Å²) in [6.45, 7) is 4.10. The van der Waals surface area contributed by atoms with Crippen LogP contribution in [0.5, 0.6) is 0 Å². The lowest BCUT2D eigenvalue weighted by Crippen LogP contribution is -2.32. The van der Waals surface area contributed by atoms with Crippen molar-refractivity contribution in [3.05, 3.63) is 77.6 Å². The Balaban J connectivity index is 1.41. The number of rotatable bonds is 5. The van der Waals surface area contributed by atoms with E-state index < -0.39 is 0 Å². The van der Waals surface area contributed by atoms with Gasteiger partial charge in [-0.15, -0.1) is 0 Å². The van der Waals surface area contributed by atoms with E-state index in [0.29, 0.717) is 19.5 Å². The van der Waals surface area contributed by atoms with Crippen LogP contribution in [0, 0.1) is 6.92 Å². The third-order valence-electron chi connectivity index (χ3n) is 4.97. The zero-order chi connectivity index (χ0) is 17.9. The van der Waals surface area contributed by atoms with Crippen LogP contribution in [0.1, 0.15) is 23.4 Å². The van der Waals surface area contributed by atoms with E-state index in [1.54, 1.807) is 0 Å². The van der Waals surface area contributed by atoms with Gasteiger partial charge in [-0.2, -0.15) is 0 Å². The van der Waals surface area contributed by atoms with Gasteiger partial charge in [0.15, 0.2) is 0 Å². The summed E-state index contributed by atoms with van der Waals surface area (Å²) in [5, 5.41) is 5.93. The quantitative estimate of drug-likeness (QED) is 0.770. The summed E-state index contributed by atoms with van der Waals surface area (Å²) < 4.78 is 0. The van der Waals surface area contributed by atoms with Gasteiger partial charge in [0.1, 0.15) is 0 Å². The molecule has 4 rings (SSSR count). The van der Waals surface area contributed by atoms with Crippen molar-refractivity contribution in [3.63, 3.8) is 0 Å². The Morgan fingerprint density at radius 2 is 1.88 bits per heavy atom. The van der Waals surface area contributed by atoms with Crippen LogP contribution in [0.15, 0.2) is 60.7 Å². The van der Waals surface area contributed by atoms with Gasteiger partial charge in [0, 0.05) is 37.8 Å². The molecular formula is C22H23N3O. The van der Waals surface area contributed by atoms with Crippen molar-refractivity contribution in [1.29, 1.82) is 0 Å². The molecular weight excluding hydrogens is 322 g/mol. The third-order valence-corrected chi connectivity index (χ3v) is 4.97. The average molecular weight is 345 g/mol. The highest BCUT2D eigenvalue weighted by Crippen LogP contribution is 2.22. The molecule has 1 saturated heterocycles. The van der Waals surface area contributed by atoms with Gasteiger partial charge in [-0.3, -0.25) is 9.78 Å². The third kappa shape index (κ3) is 3.60. The number of nitrogens with zero attached hydrogens (tertiary/aromatic N) is 2. The molecule has 0 radical (unpaired) electrons. The highest BCUT2D eigenvalue weighted by molar-refractivity contribution is 5.86. The second kappa shape index (κ2) is 7.26. The Bertz CT molecular complexity index is 932. The molecule has 0 bridgehead atoms. The SMILES string of the molecule is Cc1cccc(CNC2CC(=O)N(Cc3cccc4ccccc34)C2)n1. The predicted molar refractivity (Wildman–Crippen MR) is 104 cm³/mol. The number of hydrogen-bond acceptors (Lipinski definition) is 3. The summed E-state index contributed by atoms with van der Waals surface area (Å²) in [5.74, 6) is 0.215. The number of benzene rings is 2. The molecule has 1 aromatic heterocycles. The summed E-state index contributed by atoms with van der Waals surface area (Å²) in [6, 6.07) is 20.9. The van der Waals surface area contributed by atoms with Gasteiger partial charge >= 0.3 is 0 Å². The van der Waals surface area contributed by atoms with E-state index in [0.717, 1.165) is 17.9 Å². The van der Waals surface area contributed by atoms with Crippen LogP contribution in [0.2, 0.25) is 0 Å². The molecule has 1 aliphatic rings. The van der Waals surface area contributed by atoms with Gasteiger partial charge < -0.3 is 10.2 Å². The van der Waals surface area contributed by atoms with Crippen molar-refractivity contribution in [1.82, 2.24) is 15.2 Å². The molecule has 2 aromatic carbocycles. The van der Waals surface area contributed by atoms with Crippen molar-refractivity contribution in [3.8, 4) is 0 Å². The fourth-order valence-electron chi connectivity index (χ4n) is 3.64. The molecule has 1 amide bonds. The summed E-state index contributed by atoms with van der Waals surface area (Å²) in [4.78, 5) is 18.9. The van der Waals surface area contributed by atoms with Crippen molar-refractivity contribution >= 4 is 16.7 Å². The van der Waals surface area contributed by atoms with Gasteiger partial charge in [0.2, 0.25) is 5.91 Å². The van der Waals surface area contributed by atoms with Gasteiger partial charge in [-0.25, -0.2) is 0 Å². The van der Waals surface area contributed by atoms with Crippen molar-refractivity contribution in [2.45, 2.75) is 32.5 Å². The van der Waals surface area contributed by atoms with E-state index in [1.165, 1.54) is 16.3 Å². The number of likely N-dealkylation sites (tertiary alicyclic amines) is 1. The van der Waals surface area contributed by atoms with E-state index >= 15 is 0 Å². The maximum atomic E-state index is 12.5. The molecule has 132 valence electrons. The summed E-state index contributed by atoms with van der Waals surface area (Å²) >= 11 is 0. The van der Waals surface area contributed by atoms with E-state index in [-0.39, 0.29) is 11.9 Å². The normalized spacial score (nSPS) is 17.2. The van der Waals surface area contributed by atoms with E-state index in [2.05, 4.69) is 46.7 Å². The van der Waals surface area contributed by atoms with Crippen LogP contribution >= 0.6 is 0 Å². The highest BCUT2D eigenvalue weighted by Gasteiger charge is 2.29. The number of amides is 1. The van der Waals surface area contributed by atoms with E-state index in [9.17, 15) is 4.79 Å². The maximum absolute atomic E-state index is 12.5. The molecule has 4 nitrogen and oxygen atoms in total. The average Bonchev–Trinajstić information content (AvgIpc) is 3.00. The van der Waals surface area contributed by atoms with E-state index in [1.807, 2.05) is 36.1 Å². The lowest BCUT2D eigenvalue weighted by atomic mass is 10.0.